The van der Waals surface area contributed by atoms with Gasteiger partial charge in [-0.3, -0.25) is 9.11 Å². The smallest absolute Gasteiger partial charge is 0.394 e. The van der Waals surface area contributed by atoms with Crippen LogP contribution in [0.1, 0.15) is 6.42 Å². The Balaban J connectivity index is 0. The molecule has 0 amide bonds. The van der Waals surface area contributed by atoms with Crippen molar-refractivity contribution < 1.29 is 27.7 Å². The van der Waals surface area contributed by atoms with E-state index in [0.29, 0.717) is 0 Å². The van der Waals surface area contributed by atoms with Crippen molar-refractivity contribution in [3.05, 3.63) is 0 Å². The third-order valence-corrected chi connectivity index (χ3v) is 0.425. The summed E-state index contributed by atoms with van der Waals surface area (Å²) in [6, 6.07) is 0. The Morgan fingerprint density at radius 1 is 1.36 bits per heavy atom. The van der Waals surface area contributed by atoms with Gasteiger partial charge in [-0.1, -0.05) is 0 Å². The third-order valence-electron chi connectivity index (χ3n) is 0.425. The van der Waals surface area contributed by atoms with E-state index in [2.05, 4.69) is 0 Å². The molecule has 6 N–H and O–H groups in total. The largest absolute Gasteiger partial charge is 0.396 e. The molecule has 7 nitrogen and oxygen atoms in total. The molecule has 0 aromatic heterocycles. The second kappa shape index (κ2) is 6.46. The minimum atomic E-state index is -4.67. The summed E-state index contributed by atoms with van der Waals surface area (Å²) in [7, 11) is -4.67. The standard InChI is InChI=1S/C3H9NO2.H2O4S/c4-3(6)1-2-5;1-5(2,3)4/h3,5-6H,1-2,4H2;(H2,1,2,3,4). The first-order chi connectivity index (χ1) is 4.77. The molecule has 70 valence electrons. The van der Waals surface area contributed by atoms with Crippen LogP contribution < -0.4 is 5.73 Å². The van der Waals surface area contributed by atoms with Gasteiger partial charge in [0.05, 0.1) is 0 Å². The van der Waals surface area contributed by atoms with Crippen LogP contribution >= 0.6 is 0 Å². The molecule has 1 unspecified atom stereocenters. The summed E-state index contributed by atoms with van der Waals surface area (Å²) in [6.07, 6.45) is -0.588. The SMILES string of the molecule is NC(O)CCO.O=S(=O)(O)O. The van der Waals surface area contributed by atoms with Crippen molar-refractivity contribution in [1.29, 1.82) is 0 Å². The first kappa shape index (κ1) is 13.3. The van der Waals surface area contributed by atoms with Gasteiger partial charge in [0.15, 0.2) is 0 Å². The Morgan fingerprint density at radius 2 is 1.64 bits per heavy atom. The zero-order chi connectivity index (χ0) is 9.49. The van der Waals surface area contributed by atoms with E-state index >= 15 is 0 Å². The molecule has 0 aliphatic carbocycles. The topological polar surface area (TPSA) is 141 Å². The molecular formula is C3H11NO6S. The van der Waals surface area contributed by atoms with Crippen molar-refractivity contribution in [2.24, 2.45) is 5.73 Å². The third kappa shape index (κ3) is 77.4. The van der Waals surface area contributed by atoms with Gasteiger partial charge in [-0.15, -0.1) is 0 Å². The number of nitrogens with two attached hydrogens (primary N) is 1. The number of aliphatic hydroxyl groups is 2. The van der Waals surface area contributed by atoms with E-state index in [1.165, 1.54) is 0 Å². The molecular weight excluding hydrogens is 178 g/mol. The molecule has 0 radical (unpaired) electrons. The van der Waals surface area contributed by atoms with Gasteiger partial charge in [0, 0.05) is 13.0 Å². The number of hydrogen-bond acceptors (Lipinski definition) is 5. The highest BCUT2D eigenvalue weighted by atomic mass is 32.3. The summed E-state index contributed by atoms with van der Waals surface area (Å²) in [4.78, 5) is 0. The fraction of sp³-hybridized carbons (Fsp3) is 1.00. The molecule has 8 heteroatoms. The molecule has 0 fully saturated rings. The Bertz CT molecular complexity index is 155. The number of rotatable bonds is 2. The Kier molecular flexibility index (Phi) is 7.84. The predicted octanol–water partition coefficient (Wildman–Crippen LogP) is -2.01. The number of hydrogen-bond donors (Lipinski definition) is 5. The summed E-state index contributed by atoms with van der Waals surface area (Å²) in [5.74, 6) is 0. The lowest BCUT2D eigenvalue weighted by atomic mass is 10.4. The summed E-state index contributed by atoms with van der Waals surface area (Å²) < 4.78 is 31.6. The van der Waals surface area contributed by atoms with Crippen LogP contribution in [0.3, 0.4) is 0 Å². The van der Waals surface area contributed by atoms with E-state index in [9.17, 15) is 0 Å². The van der Waals surface area contributed by atoms with Crippen molar-refractivity contribution >= 4 is 10.4 Å². The molecule has 0 spiro atoms. The second-order valence-electron chi connectivity index (χ2n) is 1.53. The summed E-state index contributed by atoms with van der Waals surface area (Å²) in [6.45, 7) is -0.0440. The average Bonchev–Trinajstić information content (AvgIpc) is 1.58. The van der Waals surface area contributed by atoms with Gasteiger partial charge in [-0.05, 0) is 0 Å². The van der Waals surface area contributed by atoms with Crippen molar-refractivity contribution in [3.8, 4) is 0 Å². The molecule has 0 saturated carbocycles. The van der Waals surface area contributed by atoms with Crippen LogP contribution in [0, 0.1) is 0 Å². The van der Waals surface area contributed by atoms with Gasteiger partial charge in [0.25, 0.3) is 0 Å². The fourth-order valence-electron chi connectivity index (χ4n) is 0.132. The van der Waals surface area contributed by atoms with E-state index in [1.54, 1.807) is 0 Å². The lowest BCUT2D eigenvalue weighted by Gasteiger charge is -1.95. The summed E-state index contributed by atoms with van der Waals surface area (Å²) in [5, 5.41) is 16.2. The molecule has 0 aromatic carbocycles. The fourth-order valence-corrected chi connectivity index (χ4v) is 0.132. The number of aliphatic hydroxyl groups excluding tert-OH is 2. The average molecular weight is 189 g/mol. The maximum absolute atomic E-state index is 8.74. The zero-order valence-corrected chi connectivity index (χ0v) is 6.40. The van der Waals surface area contributed by atoms with Gasteiger partial charge in [-0.25, -0.2) is 0 Å². The lowest BCUT2D eigenvalue weighted by Crippen LogP contribution is -2.19. The van der Waals surface area contributed by atoms with Crippen LogP contribution in [0.2, 0.25) is 0 Å². The van der Waals surface area contributed by atoms with Crippen molar-refractivity contribution in [1.82, 2.24) is 0 Å². The first-order valence-electron chi connectivity index (χ1n) is 2.51. The van der Waals surface area contributed by atoms with E-state index < -0.39 is 16.6 Å². The molecule has 0 rings (SSSR count). The maximum atomic E-state index is 8.74. The molecule has 0 bridgehead atoms. The van der Waals surface area contributed by atoms with E-state index in [0.717, 1.165) is 0 Å². The summed E-state index contributed by atoms with van der Waals surface area (Å²) >= 11 is 0. The monoisotopic (exact) mass is 189 g/mol. The Morgan fingerprint density at radius 3 is 1.64 bits per heavy atom. The van der Waals surface area contributed by atoms with Crippen LogP contribution in [0.4, 0.5) is 0 Å². The van der Waals surface area contributed by atoms with Crippen LogP contribution in [-0.2, 0) is 10.4 Å². The van der Waals surface area contributed by atoms with Gasteiger partial charge in [0.2, 0.25) is 0 Å². The predicted molar refractivity (Wildman–Crippen MR) is 36.1 cm³/mol. The van der Waals surface area contributed by atoms with E-state index in [1.807, 2.05) is 0 Å². The Labute approximate surface area is 64.0 Å². The van der Waals surface area contributed by atoms with Crippen molar-refractivity contribution in [3.63, 3.8) is 0 Å². The maximum Gasteiger partial charge on any atom is 0.394 e. The van der Waals surface area contributed by atoms with Gasteiger partial charge in [-0.2, -0.15) is 8.42 Å². The molecule has 1 atom stereocenters. The molecule has 11 heavy (non-hydrogen) atoms. The normalized spacial score (nSPS) is 13.2. The molecule has 0 aromatic rings. The highest BCUT2D eigenvalue weighted by molar-refractivity contribution is 7.79. The zero-order valence-electron chi connectivity index (χ0n) is 5.58. The lowest BCUT2D eigenvalue weighted by molar-refractivity contribution is 0.139. The van der Waals surface area contributed by atoms with Crippen LogP contribution in [0.25, 0.3) is 0 Å². The summed E-state index contributed by atoms with van der Waals surface area (Å²) in [5.41, 5.74) is 4.80. The van der Waals surface area contributed by atoms with Gasteiger partial charge in [0.1, 0.15) is 6.23 Å². The van der Waals surface area contributed by atoms with Crippen LogP contribution in [-0.4, -0.2) is 40.6 Å². The van der Waals surface area contributed by atoms with Crippen molar-refractivity contribution in [2.45, 2.75) is 12.6 Å². The highest BCUT2D eigenvalue weighted by Crippen LogP contribution is 1.75. The van der Waals surface area contributed by atoms with E-state index in [4.69, 9.17) is 33.5 Å². The second-order valence-corrected chi connectivity index (χ2v) is 2.42. The molecule has 0 heterocycles. The highest BCUT2D eigenvalue weighted by Gasteiger charge is 1.88. The van der Waals surface area contributed by atoms with E-state index in [-0.39, 0.29) is 13.0 Å². The quantitative estimate of drug-likeness (QED) is 0.249. The minimum absolute atomic E-state index is 0.0440. The van der Waals surface area contributed by atoms with Crippen LogP contribution in [0.5, 0.6) is 0 Å². The van der Waals surface area contributed by atoms with Gasteiger partial charge < -0.3 is 15.9 Å². The van der Waals surface area contributed by atoms with Crippen LogP contribution in [0.15, 0.2) is 0 Å². The molecule has 0 aliphatic heterocycles. The molecule has 0 aliphatic rings. The minimum Gasteiger partial charge on any atom is -0.396 e. The van der Waals surface area contributed by atoms with Gasteiger partial charge >= 0.3 is 10.4 Å². The molecule has 0 saturated heterocycles. The first-order valence-corrected chi connectivity index (χ1v) is 3.91. The Hall–Kier alpha value is -0.250. The van der Waals surface area contributed by atoms with Crippen molar-refractivity contribution in [2.75, 3.05) is 6.61 Å².